The standard InChI is InChI=1S/C14H22N4.HI/c1-15-14(17(2)3)16-12-9-10-18(11-12)13-7-5-4-6-8-13;/h4-8,12H,9-11H2,1-3H3,(H,15,16);1H. The summed E-state index contributed by atoms with van der Waals surface area (Å²) in [4.78, 5) is 8.70. The topological polar surface area (TPSA) is 30.9 Å². The lowest BCUT2D eigenvalue weighted by atomic mass is 10.3. The number of aliphatic imine (C=N–C) groups is 1. The normalized spacial score (nSPS) is 19.0. The Morgan fingerprint density at radius 2 is 2.00 bits per heavy atom. The molecule has 0 saturated carbocycles. The first-order valence-corrected chi connectivity index (χ1v) is 6.41. The minimum Gasteiger partial charge on any atom is -0.369 e. The van der Waals surface area contributed by atoms with Crippen molar-refractivity contribution in [3.05, 3.63) is 30.3 Å². The SMILES string of the molecule is CN=C(NC1CCN(c2ccccc2)C1)N(C)C.I. The molecule has 0 bridgehead atoms. The zero-order valence-electron chi connectivity index (χ0n) is 11.8. The summed E-state index contributed by atoms with van der Waals surface area (Å²) in [5.41, 5.74) is 1.31. The number of hydrogen-bond acceptors (Lipinski definition) is 2. The lowest BCUT2D eigenvalue weighted by Gasteiger charge is -2.22. The highest BCUT2D eigenvalue weighted by Crippen LogP contribution is 2.19. The second-order valence-corrected chi connectivity index (χ2v) is 4.85. The zero-order chi connectivity index (χ0) is 13.0. The molecule has 2 rings (SSSR count). The van der Waals surface area contributed by atoms with Crippen molar-refractivity contribution in [1.29, 1.82) is 0 Å². The molecular formula is C14H23IN4. The van der Waals surface area contributed by atoms with Crippen LogP contribution in [0.1, 0.15) is 6.42 Å². The van der Waals surface area contributed by atoms with Crippen LogP contribution in [0.2, 0.25) is 0 Å². The maximum atomic E-state index is 4.26. The van der Waals surface area contributed by atoms with Gasteiger partial charge < -0.3 is 15.1 Å². The Labute approximate surface area is 132 Å². The summed E-state index contributed by atoms with van der Waals surface area (Å²) in [5.74, 6) is 0.954. The van der Waals surface area contributed by atoms with Crippen LogP contribution >= 0.6 is 24.0 Å². The molecule has 1 saturated heterocycles. The van der Waals surface area contributed by atoms with Crippen molar-refractivity contribution in [3.8, 4) is 0 Å². The van der Waals surface area contributed by atoms with Crippen molar-refractivity contribution in [2.45, 2.75) is 12.5 Å². The number of hydrogen-bond donors (Lipinski definition) is 1. The summed E-state index contributed by atoms with van der Waals surface area (Å²) < 4.78 is 0. The molecule has 1 fully saturated rings. The van der Waals surface area contributed by atoms with Gasteiger partial charge in [0.1, 0.15) is 0 Å². The molecule has 1 heterocycles. The van der Waals surface area contributed by atoms with E-state index in [4.69, 9.17) is 0 Å². The van der Waals surface area contributed by atoms with E-state index in [1.54, 1.807) is 0 Å². The van der Waals surface area contributed by atoms with Crippen LogP contribution in [-0.2, 0) is 0 Å². The number of nitrogens with zero attached hydrogens (tertiary/aromatic N) is 3. The highest BCUT2D eigenvalue weighted by atomic mass is 127. The molecule has 19 heavy (non-hydrogen) atoms. The smallest absolute Gasteiger partial charge is 0.193 e. The van der Waals surface area contributed by atoms with Crippen LogP contribution in [0.3, 0.4) is 0 Å². The zero-order valence-corrected chi connectivity index (χ0v) is 14.2. The van der Waals surface area contributed by atoms with Crippen LogP contribution < -0.4 is 10.2 Å². The molecule has 0 aliphatic carbocycles. The summed E-state index contributed by atoms with van der Waals surface area (Å²) in [6.07, 6.45) is 1.15. The van der Waals surface area contributed by atoms with Crippen LogP contribution in [0.5, 0.6) is 0 Å². The monoisotopic (exact) mass is 374 g/mol. The molecule has 0 spiro atoms. The predicted molar refractivity (Wildman–Crippen MR) is 92.7 cm³/mol. The van der Waals surface area contributed by atoms with Crippen LogP contribution in [0.15, 0.2) is 35.3 Å². The van der Waals surface area contributed by atoms with Crippen LogP contribution in [0, 0.1) is 0 Å². The van der Waals surface area contributed by atoms with Crippen molar-refractivity contribution in [1.82, 2.24) is 10.2 Å². The highest BCUT2D eigenvalue weighted by Gasteiger charge is 2.23. The lowest BCUT2D eigenvalue weighted by Crippen LogP contribution is -2.43. The van der Waals surface area contributed by atoms with Gasteiger partial charge in [0.05, 0.1) is 0 Å². The van der Waals surface area contributed by atoms with Gasteiger partial charge in [-0.15, -0.1) is 24.0 Å². The molecule has 1 aromatic carbocycles. The fraction of sp³-hybridized carbons (Fsp3) is 0.500. The molecule has 0 radical (unpaired) electrons. The van der Waals surface area contributed by atoms with Crippen molar-refractivity contribution >= 4 is 35.6 Å². The number of rotatable bonds is 2. The number of halogens is 1. The largest absolute Gasteiger partial charge is 0.369 e. The second kappa shape index (κ2) is 7.57. The summed E-state index contributed by atoms with van der Waals surface area (Å²) >= 11 is 0. The predicted octanol–water partition coefficient (Wildman–Crippen LogP) is 2.02. The van der Waals surface area contributed by atoms with Gasteiger partial charge in [0, 0.05) is 46.0 Å². The minimum atomic E-state index is 0. The maximum absolute atomic E-state index is 4.26. The Balaban J connectivity index is 0.00000180. The first-order chi connectivity index (χ1) is 8.70. The fourth-order valence-corrected chi connectivity index (χ4v) is 2.33. The fourth-order valence-electron chi connectivity index (χ4n) is 2.33. The van der Waals surface area contributed by atoms with Gasteiger partial charge in [-0.3, -0.25) is 4.99 Å². The average Bonchev–Trinajstić information content (AvgIpc) is 2.85. The van der Waals surface area contributed by atoms with E-state index >= 15 is 0 Å². The van der Waals surface area contributed by atoms with E-state index in [1.165, 1.54) is 5.69 Å². The first-order valence-electron chi connectivity index (χ1n) is 6.41. The first kappa shape index (κ1) is 16.1. The third-order valence-corrected chi connectivity index (χ3v) is 3.28. The van der Waals surface area contributed by atoms with Crippen molar-refractivity contribution < 1.29 is 0 Å². The Morgan fingerprint density at radius 1 is 1.32 bits per heavy atom. The van der Waals surface area contributed by atoms with E-state index in [9.17, 15) is 0 Å². The van der Waals surface area contributed by atoms with Gasteiger partial charge in [-0.2, -0.15) is 0 Å². The number of anilines is 1. The van der Waals surface area contributed by atoms with Gasteiger partial charge in [0.2, 0.25) is 0 Å². The van der Waals surface area contributed by atoms with Gasteiger partial charge in [0.15, 0.2) is 5.96 Å². The molecule has 5 heteroatoms. The molecule has 4 nitrogen and oxygen atoms in total. The van der Waals surface area contributed by atoms with E-state index in [1.807, 2.05) is 26.0 Å². The molecule has 0 amide bonds. The molecule has 1 aliphatic rings. The van der Waals surface area contributed by atoms with Crippen LogP contribution in [0.4, 0.5) is 5.69 Å². The van der Waals surface area contributed by atoms with Crippen LogP contribution in [0.25, 0.3) is 0 Å². The Morgan fingerprint density at radius 3 is 2.58 bits per heavy atom. The maximum Gasteiger partial charge on any atom is 0.193 e. The molecule has 0 aromatic heterocycles. The number of guanidine groups is 1. The van der Waals surface area contributed by atoms with E-state index < -0.39 is 0 Å². The Kier molecular flexibility index (Phi) is 6.41. The van der Waals surface area contributed by atoms with Gasteiger partial charge in [-0.05, 0) is 18.6 Å². The molecule has 1 unspecified atom stereocenters. The quantitative estimate of drug-likeness (QED) is 0.488. The van der Waals surface area contributed by atoms with Crippen LogP contribution in [-0.4, -0.2) is 51.1 Å². The molecule has 1 aromatic rings. The molecule has 1 aliphatic heterocycles. The molecule has 106 valence electrons. The highest BCUT2D eigenvalue weighted by molar-refractivity contribution is 14.0. The van der Waals surface area contributed by atoms with Gasteiger partial charge in [-0.1, -0.05) is 18.2 Å². The van der Waals surface area contributed by atoms with Crippen molar-refractivity contribution in [2.75, 3.05) is 39.1 Å². The second-order valence-electron chi connectivity index (χ2n) is 4.85. The number of benzene rings is 1. The van der Waals surface area contributed by atoms with E-state index in [-0.39, 0.29) is 24.0 Å². The summed E-state index contributed by atoms with van der Waals surface area (Å²) in [6, 6.07) is 11.1. The molecule has 1 atom stereocenters. The lowest BCUT2D eigenvalue weighted by molar-refractivity contribution is 0.548. The van der Waals surface area contributed by atoms with Crippen molar-refractivity contribution in [2.24, 2.45) is 4.99 Å². The van der Waals surface area contributed by atoms with Crippen molar-refractivity contribution in [3.63, 3.8) is 0 Å². The Hall–Kier alpha value is -0.980. The van der Waals surface area contributed by atoms with E-state index in [2.05, 4.69) is 45.5 Å². The molecule has 1 N–H and O–H groups in total. The third kappa shape index (κ3) is 4.26. The summed E-state index contributed by atoms with van der Waals surface area (Å²) in [7, 11) is 5.85. The summed E-state index contributed by atoms with van der Waals surface area (Å²) in [6.45, 7) is 2.14. The van der Waals surface area contributed by atoms with Gasteiger partial charge >= 0.3 is 0 Å². The van der Waals surface area contributed by atoms with E-state index in [0.717, 1.165) is 25.5 Å². The van der Waals surface area contributed by atoms with Gasteiger partial charge in [-0.25, -0.2) is 0 Å². The molecular weight excluding hydrogens is 351 g/mol. The minimum absolute atomic E-state index is 0. The van der Waals surface area contributed by atoms with Gasteiger partial charge in [0.25, 0.3) is 0 Å². The number of para-hydroxylation sites is 1. The third-order valence-electron chi connectivity index (χ3n) is 3.28. The van der Waals surface area contributed by atoms with E-state index in [0.29, 0.717) is 6.04 Å². The average molecular weight is 374 g/mol. The summed E-state index contributed by atoms with van der Waals surface area (Å²) in [5, 5.41) is 3.50. The number of nitrogens with one attached hydrogen (secondary N) is 1. The Bertz CT molecular complexity index is 405.